The molecule has 0 aromatic heterocycles. The van der Waals surface area contributed by atoms with E-state index in [1.165, 1.54) is 0 Å². The van der Waals surface area contributed by atoms with E-state index in [9.17, 15) is 9.59 Å². The van der Waals surface area contributed by atoms with E-state index in [4.69, 9.17) is 23.2 Å². The van der Waals surface area contributed by atoms with Crippen LogP contribution in [-0.4, -0.2) is 28.3 Å². The molecule has 0 bridgehead atoms. The van der Waals surface area contributed by atoms with Gasteiger partial charge >= 0.3 is 0 Å². The van der Waals surface area contributed by atoms with E-state index in [0.717, 1.165) is 16.7 Å². The van der Waals surface area contributed by atoms with Crippen LogP contribution in [0.5, 0.6) is 0 Å². The molecule has 0 aliphatic rings. The zero-order chi connectivity index (χ0) is 25.6. The minimum atomic E-state index is -0.718. The number of hydrogen-bond acceptors (Lipinski definition) is 2. The molecule has 0 aliphatic heterocycles. The van der Waals surface area contributed by atoms with Crippen molar-refractivity contribution < 1.29 is 9.59 Å². The van der Waals surface area contributed by atoms with E-state index >= 15 is 0 Å². The summed E-state index contributed by atoms with van der Waals surface area (Å²) in [5.41, 5.74) is 3.11. The molecule has 3 aromatic rings. The van der Waals surface area contributed by atoms with Gasteiger partial charge in [-0.2, -0.15) is 0 Å². The Labute approximate surface area is 218 Å². The molecule has 35 heavy (non-hydrogen) atoms. The fourth-order valence-electron chi connectivity index (χ4n) is 3.93. The van der Waals surface area contributed by atoms with Gasteiger partial charge in [0.15, 0.2) is 0 Å². The van der Waals surface area contributed by atoms with Crippen LogP contribution in [0.1, 0.15) is 43.0 Å². The highest BCUT2D eigenvalue weighted by atomic mass is 35.5. The molecular formula is C29H32Cl2N2O2. The largest absolute Gasteiger partial charge is 0.350 e. The van der Waals surface area contributed by atoms with Gasteiger partial charge in [0.2, 0.25) is 11.8 Å². The van der Waals surface area contributed by atoms with Gasteiger partial charge in [0, 0.05) is 28.5 Å². The normalized spacial score (nSPS) is 12.2. The molecule has 0 heterocycles. The Balaban J connectivity index is 2.04. The molecule has 1 atom stereocenters. The number of rotatable bonds is 8. The molecule has 0 saturated heterocycles. The maximum Gasteiger partial charge on any atom is 0.243 e. The van der Waals surface area contributed by atoms with Crippen molar-refractivity contribution >= 4 is 35.0 Å². The number of amides is 2. The van der Waals surface area contributed by atoms with Gasteiger partial charge in [-0.25, -0.2) is 0 Å². The molecule has 1 N–H and O–H groups in total. The predicted molar refractivity (Wildman–Crippen MR) is 144 cm³/mol. The Kier molecular flexibility index (Phi) is 8.98. The molecule has 0 saturated carbocycles. The lowest BCUT2D eigenvalue weighted by molar-refractivity contribution is -0.141. The van der Waals surface area contributed by atoms with Crippen LogP contribution in [0.3, 0.4) is 0 Å². The molecule has 3 aromatic carbocycles. The van der Waals surface area contributed by atoms with Crippen LogP contribution < -0.4 is 5.32 Å². The summed E-state index contributed by atoms with van der Waals surface area (Å²) in [6.45, 7) is 8.09. The van der Waals surface area contributed by atoms with Crippen LogP contribution in [-0.2, 0) is 29.0 Å². The zero-order valence-corrected chi connectivity index (χ0v) is 22.2. The second-order valence-corrected chi connectivity index (χ2v) is 10.6. The third-order valence-electron chi connectivity index (χ3n) is 5.76. The van der Waals surface area contributed by atoms with E-state index < -0.39 is 11.6 Å². The van der Waals surface area contributed by atoms with Gasteiger partial charge in [0.25, 0.3) is 0 Å². The minimum absolute atomic E-state index is 0.00151. The maximum atomic E-state index is 13.9. The van der Waals surface area contributed by atoms with Gasteiger partial charge in [0.05, 0.1) is 6.42 Å². The number of nitrogens with one attached hydrogen (secondary N) is 1. The van der Waals surface area contributed by atoms with E-state index in [2.05, 4.69) is 5.32 Å². The van der Waals surface area contributed by atoms with Crippen molar-refractivity contribution in [3.8, 4) is 0 Å². The molecule has 0 spiro atoms. The highest BCUT2D eigenvalue weighted by molar-refractivity contribution is 6.36. The number of halogens is 2. The van der Waals surface area contributed by atoms with Gasteiger partial charge in [-0.1, -0.05) is 83.9 Å². The van der Waals surface area contributed by atoms with Gasteiger partial charge in [-0.15, -0.1) is 0 Å². The number of hydrogen-bond donors (Lipinski definition) is 1. The van der Waals surface area contributed by atoms with Crippen molar-refractivity contribution in [3.63, 3.8) is 0 Å². The number of benzene rings is 3. The molecule has 184 valence electrons. The summed E-state index contributed by atoms with van der Waals surface area (Å²) in [6.07, 6.45) is 0.384. The fourth-order valence-corrected chi connectivity index (χ4v) is 4.46. The third kappa shape index (κ3) is 7.58. The van der Waals surface area contributed by atoms with Gasteiger partial charge in [0.1, 0.15) is 6.04 Å². The molecule has 0 aliphatic carbocycles. The monoisotopic (exact) mass is 510 g/mol. The maximum absolute atomic E-state index is 13.9. The van der Waals surface area contributed by atoms with E-state index in [0.29, 0.717) is 28.6 Å². The number of carbonyl (C=O) groups excluding carboxylic acids is 2. The number of carbonyl (C=O) groups is 2. The van der Waals surface area contributed by atoms with Crippen LogP contribution in [0.2, 0.25) is 10.0 Å². The second kappa shape index (κ2) is 11.7. The Hall–Kier alpha value is -2.82. The fraction of sp³-hybridized carbons (Fsp3) is 0.310. The Morgan fingerprint density at radius 2 is 1.49 bits per heavy atom. The van der Waals surface area contributed by atoms with Crippen molar-refractivity contribution in [1.82, 2.24) is 10.2 Å². The summed E-state index contributed by atoms with van der Waals surface area (Å²) in [5, 5.41) is 3.94. The van der Waals surface area contributed by atoms with E-state index in [1.54, 1.807) is 23.1 Å². The molecular weight excluding hydrogens is 479 g/mol. The summed E-state index contributed by atoms with van der Waals surface area (Å²) < 4.78 is 0. The summed E-state index contributed by atoms with van der Waals surface area (Å²) in [7, 11) is 0. The average molecular weight is 511 g/mol. The lowest BCUT2D eigenvalue weighted by Gasteiger charge is -2.34. The van der Waals surface area contributed by atoms with Crippen LogP contribution in [0, 0.1) is 6.92 Å². The zero-order valence-electron chi connectivity index (χ0n) is 20.6. The molecule has 4 nitrogen and oxygen atoms in total. The summed E-state index contributed by atoms with van der Waals surface area (Å²) in [5.74, 6) is -0.415. The SMILES string of the molecule is Cc1ccccc1CN(C(=O)Cc1c(Cl)cccc1Cl)C(Cc1ccccc1)C(=O)NC(C)(C)C. The van der Waals surface area contributed by atoms with Gasteiger partial charge in [-0.05, 0) is 62.1 Å². The van der Waals surface area contributed by atoms with Gasteiger partial charge in [-0.3, -0.25) is 9.59 Å². The summed E-state index contributed by atoms with van der Waals surface area (Å²) in [6, 6.07) is 22.1. The highest BCUT2D eigenvalue weighted by Crippen LogP contribution is 2.26. The number of aryl methyl sites for hydroxylation is 1. The van der Waals surface area contributed by atoms with Crippen molar-refractivity contribution in [2.24, 2.45) is 0 Å². The lowest BCUT2D eigenvalue weighted by Crippen LogP contribution is -2.54. The highest BCUT2D eigenvalue weighted by Gasteiger charge is 2.33. The van der Waals surface area contributed by atoms with Crippen molar-refractivity contribution in [2.75, 3.05) is 0 Å². The molecule has 6 heteroatoms. The second-order valence-electron chi connectivity index (χ2n) is 9.77. The van der Waals surface area contributed by atoms with Crippen LogP contribution in [0.4, 0.5) is 0 Å². The topological polar surface area (TPSA) is 49.4 Å². The molecule has 2 amide bonds. The Morgan fingerprint density at radius 3 is 2.09 bits per heavy atom. The Morgan fingerprint density at radius 1 is 0.886 bits per heavy atom. The van der Waals surface area contributed by atoms with Crippen molar-refractivity contribution in [1.29, 1.82) is 0 Å². The van der Waals surface area contributed by atoms with Crippen molar-refractivity contribution in [2.45, 2.75) is 58.7 Å². The first-order valence-corrected chi connectivity index (χ1v) is 12.4. The Bertz CT molecular complexity index is 1150. The standard InChI is InChI=1S/C29H32Cl2N2O2/c1-20-11-8-9-14-22(20)19-33(27(34)18-23-24(30)15-10-16-25(23)31)26(28(35)32-29(2,3)4)17-21-12-6-5-7-13-21/h5-16,26H,17-19H2,1-4H3,(H,32,35). The van der Waals surface area contributed by atoms with Crippen LogP contribution >= 0.6 is 23.2 Å². The molecule has 3 rings (SSSR count). The summed E-state index contributed by atoms with van der Waals surface area (Å²) in [4.78, 5) is 29.1. The summed E-state index contributed by atoms with van der Waals surface area (Å²) >= 11 is 12.8. The van der Waals surface area contributed by atoms with Crippen molar-refractivity contribution in [3.05, 3.63) is 105 Å². The van der Waals surface area contributed by atoms with Gasteiger partial charge < -0.3 is 10.2 Å². The van der Waals surface area contributed by atoms with Crippen LogP contribution in [0.15, 0.2) is 72.8 Å². The van der Waals surface area contributed by atoms with E-state index in [-0.39, 0.29) is 18.2 Å². The molecule has 0 fully saturated rings. The van der Waals surface area contributed by atoms with E-state index in [1.807, 2.05) is 82.3 Å². The smallest absolute Gasteiger partial charge is 0.243 e. The molecule has 1 unspecified atom stereocenters. The quantitative estimate of drug-likeness (QED) is 0.381. The lowest BCUT2D eigenvalue weighted by atomic mass is 9.99. The first-order valence-electron chi connectivity index (χ1n) is 11.7. The van der Waals surface area contributed by atoms with Crippen LogP contribution in [0.25, 0.3) is 0 Å². The third-order valence-corrected chi connectivity index (χ3v) is 6.47. The molecule has 0 radical (unpaired) electrons. The minimum Gasteiger partial charge on any atom is -0.350 e. The average Bonchev–Trinajstić information content (AvgIpc) is 2.79. The number of nitrogens with zero attached hydrogens (tertiary/aromatic N) is 1. The first-order chi connectivity index (χ1) is 16.5. The first kappa shape index (κ1) is 26.8. The predicted octanol–water partition coefficient (Wildman–Crippen LogP) is 6.40.